The van der Waals surface area contributed by atoms with Gasteiger partial charge in [0.15, 0.2) is 5.78 Å². The Hall–Kier alpha value is -1.62. The van der Waals surface area contributed by atoms with E-state index in [4.69, 9.17) is 22.1 Å². The van der Waals surface area contributed by atoms with Crippen molar-refractivity contribution in [2.24, 2.45) is 11.7 Å². The number of hydrogen-bond acceptors (Lipinski definition) is 3. The Morgan fingerprint density at radius 2 is 1.91 bits per heavy atom. The highest BCUT2D eigenvalue weighted by Gasteiger charge is 2.29. The van der Waals surface area contributed by atoms with Crippen LogP contribution < -0.4 is 10.5 Å². The molecule has 174 valence electrons. The summed E-state index contributed by atoms with van der Waals surface area (Å²) in [6, 6.07) is 12.1. The van der Waals surface area contributed by atoms with E-state index in [-0.39, 0.29) is 11.7 Å². The Bertz CT molecular complexity index is 951. The molecule has 32 heavy (non-hydrogen) atoms. The summed E-state index contributed by atoms with van der Waals surface area (Å²) in [6.07, 6.45) is 4.79. The number of nitrogens with two attached hydrogens (primary N) is 1. The Balaban J connectivity index is 0.000000534. The third kappa shape index (κ3) is 6.94. The minimum atomic E-state index is -0.198. The highest BCUT2D eigenvalue weighted by molar-refractivity contribution is 9.10. The summed E-state index contributed by atoms with van der Waals surface area (Å²) in [5, 5.41) is 0.668. The van der Waals surface area contributed by atoms with E-state index in [1.165, 1.54) is 5.56 Å². The standard InChI is InChI=1S/C22H22BrClO2.C5H13N/c1-4-18(19-7-5-16(23)11-20(19)13(2)3)22(25)15-9-14-10-17(24)6-8-21(14)26-12-15;1-3-5(6)4-2/h4-8,10-11,13,15H,9,12H2,1-3H3;5H,3-4,6H2,1-2H3/b18-4+;. The lowest BCUT2D eigenvalue weighted by Gasteiger charge is -2.26. The van der Waals surface area contributed by atoms with E-state index in [9.17, 15) is 4.79 Å². The molecule has 0 amide bonds. The van der Waals surface area contributed by atoms with Crippen molar-refractivity contribution in [3.8, 4) is 5.75 Å². The van der Waals surface area contributed by atoms with Crippen LogP contribution in [0.3, 0.4) is 0 Å². The van der Waals surface area contributed by atoms with Crippen LogP contribution in [0.15, 0.2) is 46.9 Å². The molecular weight excluding hydrogens is 486 g/mol. The monoisotopic (exact) mass is 519 g/mol. The van der Waals surface area contributed by atoms with Crippen molar-refractivity contribution in [1.82, 2.24) is 0 Å². The third-order valence-corrected chi connectivity index (χ3v) is 6.56. The van der Waals surface area contributed by atoms with Crippen molar-refractivity contribution >= 4 is 38.9 Å². The van der Waals surface area contributed by atoms with Crippen molar-refractivity contribution in [3.63, 3.8) is 0 Å². The molecule has 0 saturated carbocycles. The van der Waals surface area contributed by atoms with Crippen LogP contribution in [-0.4, -0.2) is 18.4 Å². The average Bonchev–Trinajstić information content (AvgIpc) is 2.79. The van der Waals surface area contributed by atoms with Crippen molar-refractivity contribution in [1.29, 1.82) is 0 Å². The fraction of sp³-hybridized carbons (Fsp3) is 0.444. The summed E-state index contributed by atoms with van der Waals surface area (Å²) in [5.74, 6) is 1.08. The molecule has 0 fully saturated rings. The summed E-state index contributed by atoms with van der Waals surface area (Å²) in [7, 11) is 0. The van der Waals surface area contributed by atoms with Gasteiger partial charge < -0.3 is 10.5 Å². The summed E-state index contributed by atoms with van der Waals surface area (Å²) in [6.45, 7) is 10.8. The second-order valence-electron chi connectivity index (χ2n) is 8.49. The van der Waals surface area contributed by atoms with E-state index in [1.54, 1.807) is 0 Å². The molecule has 2 aromatic rings. The first kappa shape index (κ1) is 26.6. The van der Waals surface area contributed by atoms with Crippen LogP contribution in [0.2, 0.25) is 5.02 Å². The number of hydrogen-bond donors (Lipinski definition) is 1. The molecule has 1 heterocycles. The van der Waals surface area contributed by atoms with E-state index >= 15 is 0 Å². The Morgan fingerprint density at radius 1 is 1.22 bits per heavy atom. The number of benzene rings is 2. The van der Waals surface area contributed by atoms with Crippen LogP contribution in [0.25, 0.3) is 5.57 Å². The highest BCUT2D eigenvalue weighted by Crippen LogP contribution is 2.35. The van der Waals surface area contributed by atoms with Crippen LogP contribution in [-0.2, 0) is 11.2 Å². The molecule has 2 aromatic carbocycles. The van der Waals surface area contributed by atoms with Gasteiger partial charge in [-0.3, -0.25) is 4.79 Å². The number of allylic oxidation sites excluding steroid dienone is 2. The van der Waals surface area contributed by atoms with E-state index in [0.717, 1.165) is 39.8 Å². The zero-order chi connectivity index (χ0) is 23.8. The van der Waals surface area contributed by atoms with E-state index in [1.807, 2.05) is 43.3 Å². The van der Waals surface area contributed by atoms with Crippen LogP contribution in [0, 0.1) is 5.92 Å². The third-order valence-electron chi connectivity index (χ3n) is 5.83. The normalized spacial score (nSPS) is 15.7. The number of ketones is 1. The zero-order valence-electron chi connectivity index (χ0n) is 19.8. The average molecular weight is 521 g/mol. The molecule has 0 aliphatic carbocycles. The predicted octanol–water partition coefficient (Wildman–Crippen LogP) is 7.58. The molecule has 0 aromatic heterocycles. The smallest absolute Gasteiger partial charge is 0.169 e. The summed E-state index contributed by atoms with van der Waals surface area (Å²) < 4.78 is 6.85. The lowest BCUT2D eigenvalue weighted by Crippen LogP contribution is -2.29. The van der Waals surface area contributed by atoms with Gasteiger partial charge in [-0.25, -0.2) is 0 Å². The van der Waals surface area contributed by atoms with Gasteiger partial charge in [0.2, 0.25) is 0 Å². The van der Waals surface area contributed by atoms with Crippen molar-refractivity contribution in [2.45, 2.75) is 65.8 Å². The lowest BCUT2D eigenvalue weighted by atomic mass is 9.84. The van der Waals surface area contributed by atoms with E-state index in [0.29, 0.717) is 30.0 Å². The first-order valence-corrected chi connectivity index (χ1v) is 12.6. The summed E-state index contributed by atoms with van der Waals surface area (Å²) >= 11 is 9.64. The van der Waals surface area contributed by atoms with Gasteiger partial charge in [-0.05, 0) is 79.1 Å². The Labute approximate surface area is 206 Å². The zero-order valence-corrected chi connectivity index (χ0v) is 22.1. The van der Waals surface area contributed by atoms with Crippen molar-refractivity contribution in [3.05, 3.63) is 68.7 Å². The first-order valence-electron chi connectivity index (χ1n) is 11.4. The van der Waals surface area contributed by atoms with Gasteiger partial charge in [0.25, 0.3) is 0 Å². The molecule has 0 bridgehead atoms. The fourth-order valence-corrected chi connectivity index (χ4v) is 4.30. The maximum absolute atomic E-state index is 13.3. The molecule has 3 nitrogen and oxygen atoms in total. The van der Waals surface area contributed by atoms with E-state index < -0.39 is 0 Å². The van der Waals surface area contributed by atoms with Gasteiger partial charge in [-0.2, -0.15) is 0 Å². The second-order valence-corrected chi connectivity index (χ2v) is 9.85. The van der Waals surface area contributed by atoms with E-state index in [2.05, 4.69) is 49.7 Å². The van der Waals surface area contributed by atoms with Gasteiger partial charge in [0, 0.05) is 21.1 Å². The molecule has 1 atom stereocenters. The first-order chi connectivity index (χ1) is 15.2. The number of halogens is 2. The van der Waals surface area contributed by atoms with Crippen LogP contribution in [0.5, 0.6) is 5.75 Å². The molecule has 1 aliphatic rings. The predicted molar refractivity (Wildman–Crippen MR) is 140 cm³/mol. The van der Waals surface area contributed by atoms with Crippen LogP contribution in [0.1, 0.15) is 70.1 Å². The number of carbonyl (C=O) groups is 1. The molecule has 0 spiro atoms. The Morgan fingerprint density at radius 3 is 2.47 bits per heavy atom. The topological polar surface area (TPSA) is 52.3 Å². The lowest BCUT2D eigenvalue weighted by molar-refractivity contribution is -0.118. The van der Waals surface area contributed by atoms with Crippen molar-refractivity contribution < 1.29 is 9.53 Å². The number of carbonyl (C=O) groups excluding carboxylic acids is 1. The van der Waals surface area contributed by atoms with Crippen LogP contribution >= 0.6 is 27.5 Å². The minimum Gasteiger partial charge on any atom is -0.493 e. The molecule has 3 rings (SSSR count). The molecule has 0 radical (unpaired) electrons. The maximum atomic E-state index is 13.3. The molecule has 1 unspecified atom stereocenters. The van der Waals surface area contributed by atoms with Crippen LogP contribution in [0.4, 0.5) is 0 Å². The van der Waals surface area contributed by atoms with Gasteiger partial charge in [-0.15, -0.1) is 0 Å². The fourth-order valence-electron chi connectivity index (χ4n) is 3.73. The molecule has 5 heteroatoms. The summed E-state index contributed by atoms with van der Waals surface area (Å²) in [4.78, 5) is 13.3. The maximum Gasteiger partial charge on any atom is 0.169 e. The molecular formula is C27H35BrClNO2. The molecule has 1 aliphatic heterocycles. The number of rotatable bonds is 6. The van der Waals surface area contributed by atoms with Gasteiger partial charge in [0.1, 0.15) is 5.75 Å². The van der Waals surface area contributed by atoms with Gasteiger partial charge >= 0.3 is 0 Å². The SMILES string of the molecule is C/C=C(/C(=O)C1COc2ccc(Cl)cc2C1)c1ccc(Br)cc1C(C)C.CCC(N)CC. The molecule has 2 N–H and O–H groups in total. The number of fused-ring (bicyclic) bond motifs is 1. The minimum absolute atomic E-state index is 0.127. The number of Topliss-reactive ketones (excluding diaryl/α,β-unsaturated/α-hetero) is 1. The van der Waals surface area contributed by atoms with Crippen molar-refractivity contribution in [2.75, 3.05) is 6.61 Å². The second kappa shape index (κ2) is 12.6. The molecule has 0 saturated heterocycles. The largest absolute Gasteiger partial charge is 0.493 e. The van der Waals surface area contributed by atoms with Gasteiger partial charge in [-0.1, -0.05) is 67.4 Å². The number of ether oxygens (including phenoxy) is 1. The highest BCUT2D eigenvalue weighted by atomic mass is 79.9. The quantitative estimate of drug-likeness (QED) is 0.399. The Kier molecular flexibility index (Phi) is 10.5. The summed E-state index contributed by atoms with van der Waals surface area (Å²) in [5.41, 5.74) is 9.41. The van der Waals surface area contributed by atoms with Gasteiger partial charge in [0.05, 0.1) is 12.5 Å².